The second-order valence-corrected chi connectivity index (χ2v) is 11.9. The molecule has 178 valence electrons. The average Bonchev–Trinajstić information content (AvgIpc) is 3.63. The van der Waals surface area contributed by atoms with Crippen molar-refractivity contribution in [2.75, 3.05) is 12.4 Å². The first kappa shape index (κ1) is 24.1. The van der Waals surface area contributed by atoms with Crippen LogP contribution in [0.2, 0.25) is 0 Å². The van der Waals surface area contributed by atoms with Gasteiger partial charge in [0.1, 0.15) is 0 Å². The number of nitrogens with zero attached hydrogens (tertiary/aromatic N) is 1. The van der Waals surface area contributed by atoms with Crippen LogP contribution >= 0.6 is 0 Å². The van der Waals surface area contributed by atoms with Crippen LogP contribution in [0.15, 0.2) is 88.7 Å². The Morgan fingerprint density at radius 2 is 1.56 bits per heavy atom. The quantitative estimate of drug-likeness (QED) is 0.470. The number of sulfonamides is 2. The zero-order chi connectivity index (χ0) is 24.3. The van der Waals surface area contributed by atoms with Gasteiger partial charge in [-0.25, -0.2) is 21.6 Å². The Bertz CT molecular complexity index is 1390. The van der Waals surface area contributed by atoms with E-state index in [4.69, 9.17) is 0 Å². The highest BCUT2D eigenvalue weighted by atomic mass is 32.2. The lowest BCUT2D eigenvalue weighted by molar-refractivity contribution is 0.102. The predicted octanol–water partition coefficient (Wildman–Crippen LogP) is 3.20. The Kier molecular flexibility index (Phi) is 6.85. The summed E-state index contributed by atoms with van der Waals surface area (Å²) in [5.74, 6) is -0.500. The van der Waals surface area contributed by atoms with E-state index >= 15 is 0 Å². The monoisotopic (exact) mass is 499 g/mol. The van der Waals surface area contributed by atoms with Crippen molar-refractivity contribution < 1.29 is 21.6 Å². The van der Waals surface area contributed by atoms with Crippen molar-refractivity contribution in [1.29, 1.82) is 0 Å². The highest BCUT2D eigenvalue weighted by Gasteiger charge is 2.28. The topological polar surface area (TPSA) is 113 Å². The zero-order valence-electron chi connectivity index (χ0n) is 18.5. The van der Waals surface area contributed by atoms with Gasteiger partial charge < -0.3 is 5.32 Å². The molecule has 0 bridgehead atoms. The van der Waals surface area contributed by atoms with Crippen molar-refractivity contribution in [3.8, 4) is 0 Å². The molecule has 3 aromatic carbocycles. The van der Waals surface area contributed by atoms with Crippen molar-refractivity contribution in [2.45, 2.75) is 35.2 Å². The Morgan fingerprint density at radius 1 is 0.882 bits per heavy atom. The number of benzene rings is 3. The van der Waals surface area contributed by atoms with Crippen LogP contribution in [0.3, 0.4) is 0 Å². The van der Waals surface area contributed by atoms with Crippen LogP contribution in [0.25, 0.3) is 0 Å². The normalized spacial score (nSPS) is 14.2. The van der Waals surface area contributed by atoms with Crippen LogP contribution < -0.4 is 10.0 Å². The Labute approximate surface area is 199 Å². The molecular weight excluding hydrogens is 474 g/mol. The minimum absolute atomic E-state index is 0.0231. The highest BCUT2D eigenvalue weighted by molar-refractivity contribution is 7.89. The van der Waals surface area contributed by atoms with Gasteiger partial charge in [0.25, 0.3) is 5.91 Å². The summed E-state index contributed by atoms with van der Waals surface area (Å²) in [6.45, 7) is 0.233. The molecule has 0 aliphatic heterocycles. The molecule has 34 heavy (non-hydrogen) atoms. The Balaban J connectivity index is 1.44. The first-order valence-electron chi connectivity index (χ1n) is 10.7. The van der Waals surface area contributed by atoms with E-state index in [1.165, 1.54) is 59.9 Å². The highest BCUT2D eigenvalue weighted by Crippen LogP contribution is 2.23. The molecule has 1 aliphatic carbocycles. The van der Waals surface area contributed by atoms with E-state index in [1.807, 2.05) is 30.3 Å². The molecule has 1 aliphatic rings. The molecule has 1 fully saturated rings. The Morgan fingerprint density at radius 3 is 2.21 bits per heavy atom. The van der Waals surface area contributed by atoms with Gasteiger partial charge in [0.05, 0.1) is 9.79 Å². The number of carbonyl (C=O) groups is 1. The number of anilines is 1. The van der Waals surface area contributed by atoms with Gasteiger partial charge in [0.15, 0.2) is 0 Å². The summed E-state index contributed by atoms with van der Waals surface area (Å²) in [4.78, 5) is 12.8. The number of rotatable bonds is 9. The maximum absolute atomic E-state index is 12.9. The van der Waals surface area contributed by atoms with Gasteiger partial charge in [0.2, 0.25) is 20.0 Å². The molecule has 4 rings (SSSR count). The summed E-state index contributed by atoms with van der Waals surface area (Å²) in [6.07, 6.45) is 1.63. The predicted molar refractivity (Wildman–Crippen MR) is 129 cm³/mol. The molecule has 1 amide bonds. The molecule has 1 saturated carbocycles. The SMILES string of the molecule is CN(Cc1ccccc1)S(=O)(=O)c1ccc(NC(=O)c2cccc(S(=O)(=O)NC3CC3)c2)cc1. The molecule has 2 N–H and O–H groups in total. The van der Waals surface area contributed by atoms with Gasteiger partial charge in [-0.2, -0.15) is 4.31 Å². The first-order chi connectivity index (χ1) is 16.1. The molecule has 0 aromatic heterocycles. The fourth-order valence-electron chi connectivity index (χ4n) is 3.31. The van der Waals surface area contributed by atoms with E-state index in [0.29, 0.717) is 5.69 Å². The second-order valence-electron chi connectivity index (χ2n) is 8.15. The molecule has 0 radical (unpaired) electrons. The summed E-state index contributed by atoms with van der Waals surface area (Å²) >= 11 is 0. The van der Waals surface area contributed by atoms with Crippen molar-refractivity contribution in [2.24, 2.45) is 0 Å². The zero-order valence-corrected chi connectivity index (χ0v) is 20.1. The van der Waals surface area contributed by atoms with E-state index in [9.17, 15) is 21.6 Å². The average molecular weight is 500 g/mol. The number of amides is 1. The lowest BCUT2D eigenvalue weighted by Gasteiger charge is -2.17. The van der Waals surface area contributed by atoms with E-state index < -0.39 is 26.0 Å². The van der Waals surface area contributed by atoms with Crippen LogP contribution in [-0.2, 0) is 26.6 Å². The molecular formula is C24H25N3O5S2. The molecule has 0 spiro atoms. The molecule has 10 heteroatoms. The van der Waals surface area contributed by atoms with E-state index in [-0.39, 0.29) is 27.9 Å². The summed E-state index contributed by atoms with van der Waals surface area (Å²) in [6, 6.07) is 20.9. The summed E-state index contributed by atoms with van der Waals surface area (Å²) in [5.41, 5.74) is 1.44. The maximum atomic E-state index is 12.9. The fourth-order valence-corrected chi connectivity index (χ4v) is 5.82. The van der Waals surface area contributed by atoms with Gasteiger partial charge in [0, 0.05) is 30.9 Å². The molecule has 0 atom stereocenters. The fraction of sp³-hybridized carbons (Fsp3) is 0.208. The van der Waals surface area contributed by atoms with Crippen LogP contribution in [0.5, 0.6) is 0 Å². The largest absolute Gasteiger partial charge is 0.322 e. The van der Waals surface area contributed by atoms with Crippen LogP contribution in [0, 0.1) is 0 Å². The van der Waals surface area contributed by atoms with Gasteiger partial charge in [-0.3, -0.25) is 4.79 Å². The number of carbonyl (C=O) groups excluding carboxylic acids is 1. The van der Waals surface area contributed by atoms with Gasteiger partial charge in [-0.15, -0.1) is 0 Å². The molecule has 3 aromatic rings. The van der Waals surface area contributed by atoms with Crippen molar-refractivity contribution >= 4 is 31.6 Å². The third-order valence-electron chi connectivity index (χ3n) is 5.37. The van der Waals surface area contributed by atoms with Crippen LogP contribution in [-0.4, -0.2) is 40.1 Å². The molecule has 8 nitrogen and oxygen atoms in total. The van der Waals surface area contributed by atoms with Crippen LogP contribution in [0.1, 0.15) is 28.8 Å². The minimum atomic E-state index is -3.71. The third-order valence-corrected chi connectivity index (χ3v) is 8.71. The third kappa shape index (κ3) is 5.71. The van der Waals surface area contributed by atoms with Crippen molar-refractivity contribution in [3.05, 3.63) is 90.0 Å². The molecule has 0 saturated heterocycles. The smallest absolute Gasteiger partial charge is 0.255 e. The lowest BCUT2D eigenvalue weighted by Crippen LogP contribution is -2.26. The Hall–Kier alpha value is -3.05. The first-order valence-corrected chi connectivity index (χ1v) is 13.6. The van der Waals surface area contributed by atoms with Gasteiger partial charge >= 0.3 is 0 Å². The molecule has 0 unspecified atom stereocenters. The van der Waals surface area contributed by atoms with E-state index in [1.54, 1.807) is 0 Å². The summed E-state index contributed by atoms with van der Waals surface area (Å²) < 4.78 is 54.4. The van der Waals surface area contributed by atoms with E-state index in [2.05, 4.69) is 10.0 Å². The second kappa shape index (κ2) is 9.67. The molecule has 0 heterocycles. The number of hydrogen-bond acceptors (Lipinski definition) is 5. The van der Waals surface area contributed by atoms with Gasteiger partial charge in [-0.1, -0.05) is 36.4 Å². The number of hydrogen-bond donors (Lipinski definition) is 2. The minimum Gasteiger partial charge on any atom is -0.322 e. The lowest BCUT2D eigenvalue weighted by atomic mass is 10.2. The number of nitrogens with one attached hydrogen (secondary N) is 2. The van der Waals surface area contributed by atoms with Crippen molar-refractivity contribution in [1.82, 2.24) is 9.03 Å². The van der Waals surface area contributed by atoms with E-state index in [0.717, 1.165) is 18.4 Å². The summed E-state index contributed by atoms with van der Waals surface area (Å²) in [5, 5.41) is 2.68. The van der Waals surface area contributed by atoms with Gasteiger partial charge in [-0.05, 0) is 60.9 Å². The van der Waals surface area contributed by atoms with Crippen molar-refractivity contribution in [3.63, 3.8) is 0 Å². The van der Waals surface area contributed by atoms with Crippen LogP contribution in [0.4, 0.5) is 5.69 Å². The maximum Gasteiger partial charge on any atom is 0.255 e. The standard InChI is InChI=1S/C24H25N3O5S2/c1-27(17-18-6-3-2-4-7-18)34(31,32)22-14-12-20(13-15-22)25-24(28)19-8-5-9-23(16-19)33(29,30)26-21-10-11-21/h2-9,12-16,21,26H,10-11,17H2,1H3,(H,25,28). The summed E-state index contributed by atoms with van der Waals surface area (Å²) in [7, 11) is -5.88.